The molecule has 1 aromatic carbocycles. The minimum Gasteiger partial charge on any atom is -0.236 e. The van der Waals surface area contributed by atoms with Gasteiger partial charge in [0, 0.05) is 18.0 Å². The third-order valence-electron chi connectivity index (χ3n) is 5.40. The number of benzene rings is 1. The Hall–Kier alpha value is -1.74. The predicted molar refractivity (Wildman–Crippen MR) is 106 cm³/mol. The van der Waals surface area contributed by atoms with Gasteiger partial charge in [-0.1, -0.05) is 36.6 Å². The number of nitrogens with zero attached hydrogens (tertiary/aromatic N) is 2. The molecule has 0 aliphatic heterocycles. The molecule has 0 unspecified atom stereocenters. The van der Waals surface area contributed by atoms with Crippen LogP contribution in [0.5, 0.6) is 0 Å². The molecule has 2 aromatic rings. The minimum absolute atomic E-state index is 0.0974. The van der Waals surface area contributed by atoms with E-state index in [1.807, 2.05) is 12.4 Å². The summed E-state index contributed by atoms with van der Waals surface area (Å²) in [4.78, 5) is 8.86. The third kappa shape index (κ3) is 5.14. The molecule has 0 N–H and O–H groups in total. The summed E-state index contributed by atoms with van der Waals surface area (Å²) in [5.41, 5.74) is 1.90. The maximum atomic E-state index is 13.3. The van der Waals surface area contributed by atoms with Gasteiger partial charge in [-0.2, -0.15) is 0 Å². The zero-order valence-corrected chi connectivity index (χ0v) is 16.1. The number of hydrogen-bond donors (Lipinski definition) is 0. The fraction of sp³-hybridized carbons (Fsp3) is 0.455. The standard InChI is InChI=1S/C22H26ClFN2/c1-2-3-4-16-5-7-17(8-6-16)9-10-18-14-25-22(26-15-18)19-11-12-21(24)20(23)13-19/h2-3,11-17H,4-10H2,1H3. The Balaban J connectivity index is 1.50. The molecule has 138 valence electrons. The molecule has 2 nitrogen and oxygen atoms in total. The molecule has 1 heterocycles. The molecule has 1 fully saturated rings. The number of hydrogen-bond acceptors (Lipinski definition) is 2. The molecule has 3 rings (SSSR count). The minimum atomic E-state index is -0.424. The van der Waals surface area contributed by atoms with Gasteiger partial charge in [0.1, 0.15) is 5.82 Å². The Morgan fingerprint density at radius 3 is 2.46 bits per heavy atom. The Morgan fingerprint density at radius 1 is 1.12 bits per heavy atom. The Morgan fingerprint density at radius 2 is 1.81 bits per heavy atom. The van der Waals surface area contributed by atoms with Gasteiger partial charge in [0.15, 0.2) is 5.82 Å². The van der Waals surface area contributed by atoms with Crippen LogP contribution in [0.25, 0.3) is 11.4 Å². The molecule has 1 aromatic heterocycles. The van der Waals surface area contributed by atoms with Crippen LogP contribution in [0, 0.1) is 17.7 Å². The monoisotopic (exact) mass is 372 g/mol. The van der Waals surface area contributed by atoms with Gasteiger partial charge < -0.3 is 0 Å². The van der Waals surface area contributed by atoms with Crippen molar-refractivity contribution in [1.82, 2.24) is 9.97 Å². The molecule has 26 heavy (non-hydrogen) atoms. The zero-order chi connectivity index (χ0) is 18.4. The molecule has 0 amide bonds. The van der Waals surface area contributed by atoms with Crippen molar-refractivity contribution in [2.45, 2.75) is 51.9 Å². The van der Waals surface area contributed by atoms with E-state index in [-0.39, 0.29) is 5.02 Å². The summed E-state index contributed by atoms with van der Waals surface area (Å²) < 4.78 is 13.3. The van der Waals surface area contributed by atoms with Gasteiger partial charge in [-0.3, -0.25) is 0 Å². The quantitative estimate of drug-likeness (QED) is 0.531. The van der Waals surface area contributed by atoms with Gasteiger partial charge in [0.2, 0.25) is 0 Å². The van der Waals surface area contributed by atoms with Crippen molar-refractivity contribution in [3.05, 3.63) is 59.1 Å². The highest BCUT2D eigenvalue weighted by Crippen LogP contribution is 2.33. The number of aromatic nitrogens is 2. The van der Waals surface area contributed by atoms with Crippen molar-refractivity contribution in [2.75, 3.05) is 0 Å². The fourth-order valence-electron chi connectivity index (χ4n) is 3.72. The topological polar surface area (TPSA) is 25.8 Å². The van der Waals surface area contributed by atoms with E-state index in [0.29, 0.717) is 5.82 Å². The summed E-state index contributed by atoms with van der Waals surface area (Å²) in [5.74, 6) is 1.87. The highest BCUT2D eigenvalue weighted by molar-refractivity contribution is 6.31. The Labute approximate surface area is 160 Å². The molecule has 1 aliphatic carbocycles. The molecule has 4 heteroatoms. The molecule has 1 saturated carbocycles. The lowest BCUT2D eigenvalue weighted by molar-refractivity contribution is 0.265. The highest BCUT2D eigenvalue weighted by atomic mass is 35.5. The van der Waals surface area contributed by atoms with E-state index in [2.05, 4.69) is 29.0 Å². The van der Waals surface area contributed by atoms with Crippen LogP contribution in [-0.4, -0.2) is 9.97 Å². The van der Waals surface area contributed by atoms with Crippen LogP contribution in [0.15, 0.2) is 42.7 Å². The Kier molecular flexibility index (Phi) is 6.79. The van der Waals surface area contributed by atoms with Crippen LogP contribution >= 0.6 is 11.6 Å². The van der Waals surface area contributed by atoms with Gasteiger partial charge in [0.25, 0.3) is 0 Å². The first kappa shape index (κ1) is 19.0. The van der Waals surface area contributed by atoms with E-state index < -0.39 is 5.82 Å². The molecular weight excluding hydrogens is 347 g/mol. The molecule has 0 bridgehead atoms. The first-order chi connectivity index (χ1) is 12.7. The number of halogens is 2. The van der Waals surface area contributed by atoms with Gasteiger partial charge in [-0.05, 0) is 74.6 Å². The second-order valence-corrected chi connectivity index (χ2v) is 7.68. The molecule has 0 saturated heterocycles. The summed E-state index contributed by atoms with van der Waals surface area (Å²) in [6.45, 7) is 2.10. The van der Waals surface area contributed by atoms with Crippen molar-refractivity contribution >= 4 is 11.6 Å². The zero-order valence-electron chi connectivity index (χ0n) is 15.3. The van der Waals surface area contributed by atoms with Crippen molar-refractivity contribution < 1.29 is 4.39 Å². The van der Waals surface area contributed by atoms with E-state index in [1.165, 1.54) is 44.6 Å². The second-order valence-electron chi connectivity index (χ2n) is 7.27. The van der Waals surface area contributed by atoms with E-state index in [4.69, 9.17) is 11.6 Å². The summed E-state index contributed by atoms with van der Waals surface area (Å²) >= 11 is 5.83. The van der Waals surface area contributed by atoms with Gasteiger partial charge in [0.05, 0.1) is 5.02 Å². The van der Waals surface area contributed by atoms with Crippen LogP contribution in [0.2, 0.25) is 5.02 Å². The fourth-order valence-corrected chi connectivity index (χ4v) is 3.90. The smallest absolute Gasteiger partial charge is 0.159 e. The normalized spacial score (nSPS) is 20.6. The van der Waals surface area contributed by atoms with E-state index in [1.54, 1.807) is 12.1 Å². The lowest BCUT2D eigenvalue weighted by atomic mass is 9.78. The molecule has 0 atom stereocenters. The number of aryl methyl sites for hydroxylation is 1. The van der Waals surface area contributed by atoms with Crippen LogP contribution in [0.4, 0.5) is 4.39 Å². The van der Waals surface area contributed by atoms with Crippen molar-refractivity contribution in [1.29, 1.82) is 0 Å². The van der Waals surface area contributed by atoms with Crippen molar-refractivity contribution in [2.24, 2.45) is 11.8 Å². The van der Waals surface area contributed by atoms with Gasteiger partial charge in [-0.25, -0.2) is 14.4 Å². The molecular formula is C22H26ClFN2. The lowest BCUT2D eigenvalue weighted by Gasteiger charge is -2.27. The van der Waals surface area contributed by atoms with Crippen LogP contribution in [0.1, 0.15) is 51.0 Å². The van der Waals surface area contributed by atoms with E-state index in [0.717, 1.165) is 29.4 Å². The Bertz CT molecular complexity index is 734. The SMILES string of the molecule is CC=CCC1CCC(CCc2cnc(-c3ccc(F)c(Cl)c3)nc2)CC1. The molecule has 0 radical (unpaired) electrons. The third-order valence-corrected chi connectivity index (χ3v) is 5.69. The summed E-state index contributed by atoms with van der Waals surface area (Å²) in [5, 5.41) is 0.0974. The van der Waals surface area contributed by atoms with Crippen LogP contribution in [-0.2, 0) is 6.42 Å². The maximum Gasteiger partial charge on any atom is 0.159 e. The van der Waals surface area contributed by atoms with Crippen molar-refractivity contribution in [3.8, 4) is 11.4 Å². The summed E-state index contributed by atoms with van der Waals surface area (Å²) in [6.07, 6.45) is 17.1. The van der Waals surface area contributed by atoms with Crippen LogP contribution in [0.3, 0.4) is 0 Å². The van der Waals surface area contributed by atoms with Gasteiger partial charge in [-0.15, -0.1) is 0 Å². The van der Waals surface area contributed by atoms with Gasteiger partial charge >= 0.3 is 0 Å². The summed E-state index contributed by atoms with van der Waals surface area (Å²) in [6, 6.07) is 4.57. The first-order valence-corrected chi connectivity index (χ1v) is 9.91. The second kappa shape index (κ2) is 9.27. The van der Waals surface area contributed by atoms with E-state index in [9.17, 15) is 4.39 Å². The average molecular weight is 373 g/mol. The maximum absolute atomic E-state index is 13.3. The molecule has 0 spiro atoms. The number of allylic oxidation sites excluding steroid dienone is 2. The van der Waals surface area contributed by atoms with E-state index >= 15 is 0 Å². The average Bonchev–Trinajstić information content (AvgIpc) is 2.68. The lowest BCUT2D eigenvalue weighted by Crippen LogP contribution is -2.14. The highest BCUT2D eigenvalue weighted by Gasteiger charge is 2.20. The van der Waals surface area contributed by atoms with Crippen molar-refractivity contribution in [3.63, 3.8) is 0 Å². The largest absolute Gasteiger partial charge is 0.236 e. The number of rotatable bonds is 6. The molecule has 1 aliphatic rings. The first-order valence-electron chi connectivity index (χ1n) is 9.53. The predicted octanol–water partition coefficient (Wildman–Crippen LogP) is 6.64. The van der Waals surface area contributed by atoms with Crippen LogP contribution < -0.4 is 0 Å². The summed E-state index contributed by atoms with van der Waals surface area (Å²) in [7, 11) is 0.